The molecule has 0 aliphatic carbocycles. The van der Waals surface area contributed by atoms with Crippen molar-refractivity contribution in [2.24, 2.45) is 0 Å². The monoisotopic (exact) mass is 422 g/mol. The van der Waals surface area contributed by atoms with Crippen LogP contribution in [0.5, 0.6) is 5.75 Å². The van der Waals surface area contributed by atoms with E-state index >= 15 is 0 Å². The second-order valence-corrected chi connectivity index (χ2v) is 6.29. The number of esters is 2. The molecule has 0 saturated carbocycles. The fourth-order valence-corrected chi connectivity index (χ4v) is 2.90. The molecule has 1 aromatic heterocycles. The van der Waals surface area contributed by atoms with Crippen LogP contribution in [-0.2, 0) is 14.3 Å². The van der Waals surface area contributed by atoms with E-state index in [1.165, 1.54) is 19.6 Å². The standard InChI is InChI=1S/C23H22N2O6/c1-4-30-22(26)12-19(15-6-5-7-16(10-15)23(27)29-3)25-17-8-9-18(20(11-17)28-2)21-13-24-14-31-21/h5-14,25H,4H2,1-3H3/b19-12+. The van der Waals surface area contributed by atoms with Gasteiger partial charge in [0.15, 0.2) is 12.2 Å². The van der Waals surface area contributed by atoms with Crippen molar-refractivity contribution in [3.8, 4) is 17.1 Å². The Hall–Kier alpha value is -4.07. The molecule has 0 aliphatic heterocycles. The van der Waals surface area contributed by atoms with Crippen molar-refractivity contribution >= 4 is 23.3 Å². The second-order valence-electron chi connectivity index (χ2n) is 6.29. The number of hydrogen-bond donors (Lipinski definition) is 1. The minimum absolute atomic E-state index is 0.241. The summed E-state index contributed by atoms with van der Waals surface area (Å²) in [5.41, 5.74) is 2.79. The molecule has 2 aromatic carbocycles. The minimum atomic E-state index is -0.515. The van der Waals surface area contributed by atoms with Gasteiger partial charge < -0.3 is 23.9 Å². The maximum atomic E-state index is 12.2. The molecule has 0 amide bonds. The third-order valence-electron chi connectivity index (χ3n) is 4.32. The van der Waals surface area contributed by atoms with Crippen LogP contribution in [0.4, 0.5) is 5.69 Å². The van der Waals surface area contributed by atoms with Gasteiger partial charge in [-0.05, 0) is 36.8 Å². The van der Waals surface area contributed by atoms with Crippen LogP contribution in [0.25, 0.3) is 17.0 Å². The Kier molecular flexibility index (Phi) is 7.05. The van der Waals surface area contributed by atoms with E-state index in [1.807, 2.05) is 12.1 Å². The number of aromatic nitrogens is 1. The zero-order valence-corrected chi connectivity index (χ0v) is 17.4. The lowest BCUT2D eigenvalue weighted by Gasteiger charge is -2.14. The van der Waals surface area contributed by atoms with Gasteiger partial charge in [0.1, 0.15) is 5.75 Å². The average molecular weight is 422 g/mol. The average Bonchev–Trinajstić information content (AvgIpc) is 3.33. The Bertz CT molecular complexity index is 1090. The minimum Gasteiger partial charge on any atom is -0.496 e. The molecule has 3 aromatic rings. The van der Waals surface area contributed by atoms with Crippen molar-refractivity contribution in [2.45, 2.75) is 6.92 Å². The van der Waals surface area contributed by atoms with Crippen LogP contribution in [0.1, 0.15) is 22.8 Å². The van der Waals surface area contributed by atoms with Gasteiger partial charge in [0.05, 0.1) is 43.8 Å². The van der Waals surface area contributed by atoms with E-state index in [0.717, 1.165) is 5.56 Å². The van der Waals surface area contributed by atoms with Gasteiger partial charge in [0, 0.05) is 17.8 Å². The number of oxazole rings is 1. The van der Waals surface area contributed by atoms with Crippen LogP contribution >= 0.6 is 0 Å². The van der Waals surface area contributed by atoms with Crippen LogP contribution in [-0.4, -0.2) is 37.7 Å². The summed E-state index contributed by atoms with van der Waals surface area (Å²) in [6.45, 7) is 1.97. The van der Waals surface area contributed by atoms with E-state index in [2.05, 4.69) is 10.3 Å². The molecule has 0 atom stereocenters. The Morgan fingerprint density at radius 1 is 1.13 bits per heavy atom. The highest BCUT2D eigenvalue weighted by Gasteiger charge is 2.14. The molecule has 0 bridgehead atoms. The Morgan fingerprint density at radius 3 is 2.61 bits per heavy atom. The van der Waals surface area contributed by atoms with Crippen molar-refractivity contribution < 1.29 is 28.2 Å². The van der Waals surface area contributed by atoms with Gasteiger partial charge in [-0.3, -0.25) is 0 Å². The highest BCUT2D eigenvalue weighted by molar-refractivity contribution is 5.96. The van der Waals surface area contributed by atoms with Gasteiger partial charge in [-0.2, -0.15) is 0 Å². The first-order valence-electron chi connectivity index (χ1n) is 9.46. The molecule has 0 aliphatic rings. The van der Waals surface area contributed by atoms with Crippen molar-refractivity contribution in [1.29, 1.82) is 0 Å². The number of methoxy groups -OCH3 is 2. The SMILES string of the molecule is CCOC(=O)/C=C(/Nc1ccc(-c2cnco2)c(OC)c1)c1cccc(C(=O)OC)c1. The summed E-state index contributed by atoms with van der Waals surface area (Å²) in [5, 5.41) is 3.20. The first-order valence-corrected chi connectivity index (χ1v) is 9.46. The van der Waals surface area contributed by atoms with Crippen molar-refractivity contribution in [3.05, 3.63) is 72.3 Å². The van der Waals surface area contributed by atoms with Crippen LogP contribution in [0.15, 0.2) is 65.5 Å². The molecule has 8 nitrogen and oxygen atoms in total. The zero-order valence-electron chi connectivity index (χ0n) is 17.4. The van der Waals surface area contributed by atoms with E-state index < -0.39 is 11.9 Å². The number of anilines is 1. The molecular weight excluding hydrogens is 400 g/mol. The van der Waals surface area contributed by atoms with Gasteiger partial charge in [-0.15, -0.1) is 0 Å². The van der Waals surface area contributed by atoms with E-state index in [9.17, 15) is 9.59 Å². The Morgan fingerprint density at radius 2 is 1.94 bits per heavy atom. The van der Waals surface area contributed by atoms with E-state index in [1.54, 1.807) is 50.6 Å². The number of ether oxygens (including phenoxy) is 3. The van der Waals surface area contributed by atoms with E-state index in [4.69, 9.17) is 18.6 Å². The summed E-state index contributed by atoms with van der Waals surface area (Å²) in [6, 6.07) is 12.1. The topological polar surface area (TPSA) is 99.9 Å². The summed E-state index contributed by atoms with van der Waals surface area (Å²) in [6.07, 6.45) is 4.27. The van der Waals surface area contributed by atoms with Crippen LogP contribution < -0.4 is 10.1 Å². The molecular formula is C23H22N2O6. The summed E-state index contributed by atoms with van der Waals surface area (Å²) in [4.78, 5) is 28.0. The quantitative estimate of drug-likeness (QED) is 0.427. The predicted molar refractivity (Wildman–Crippen MR) is 115 cm³/mol. The van der Waals surface area contributed by atoms with Gasteiger partial charge in [-0.1, -0.05) is 12.1 Å². The molecule has 31 heavy (non-hydrogen) atoms. The molecule has 1 heterocycles. The van der Waals surface area contributed by atoms with Gasteiger partial charge >= 0.3 is 11.9 Å². The number of benzene rings is 2. The first-order chi connectivity index (χ1) is 15.0. The van der Waals surface area contributed by atoms with E-state index in [-0.39, 0.29) is 6.61 Å². The molecule has 0 spiro atoms. The van der Waals surface area contributed by atoms with Gasteiger partial charge in [0.25, 0.3) is 0 Å². The number of carbonyl (C=O) groups is 2. The number of carbonyl (C=O) groups excluding carboxylic acids is 2. The zero-order chi connectivity index (χ0) is 22.2. The maximum Gasteiger partial charge on any atom is 0.337 e. The molecule has 0 radical (unpaired) electrons. The molecule has 0 fully saturated rings. The largest absolute Gasteiger partial charge is 0.496 e. The summed E-state index contributed by atoms with van der Waals surface area (Å²) < 4.78 is 20.7. The fourth-order valence-electron chi connectivity index (χ4n) is 2.90. The summed E-state index contributed by atoms with van der Waals surface area (Å²) in [7, 11) is 2.86. The third kappa shape index (κ3) is 5.30. The third-order valence-corrected chi connectivity index (χ3v) is 4.32. The number of nitrogens with one attached hydrogen (secondary N) is 1. The smallest absolute Gasteiger partial charge is 0.337 e. The van der Waals surface area contributed by atoms with Crippen molar-refractivity contribution in [2.75, 3.05) is 26.1 Å². The predicted octanol–water partition coefficient (Wildman–Crippen LogP) is 4.15. The number of rotatable bonds is 8. The number of hydrogen-bond acceptors (Lipinski definition) is 8. The van der Waals surface area contributed by atoms with Crippen LogP contribution in [0, 0.1) is 0 Å². The lowest BCUT2D eigenvalue weighted by atomic mass is 10.1. The normalized spacial score (nSPS) is 11.0. The lowest BCUT2D eigenvalue weighted by Crippen LogP contribution is -2.07. The first kappa shape index (κ1) is 21.6. The molecule has 8 heteroatoms. The summed E-state index contributed by atoms with van der Waals surface area (Å²) in [5.74, 6) is 0.131. The molecule has 0 unspecified atom stereocenters. The molecule has 1 N–H and O–H groups in total. The van der Waals surface area contributed by atoms with Crippen molar-refractivity contribution in [1.82, 2.24) is 4.98 Å². The Labute approximate surface area is 179 Å². The fraction of sp³-hybridized carbons (Fsp3) is 0.174. The Balaban J connectivity index is 1.98. The van der Waals surface area contributed by atoms with Crippen molar-refractivity contribution in [3.63, 3.8) is 0 Å². The molecule has 0 saturated heterocycles. The van der Waals surface area contributed by atoms with Crippen LogP contribution in [0.3, 0.4) is 0 Å². The maximum absolute atomic E-state index is 12.2. The highest BCUT2D eigenvalue weighted by Crippen LogP contribution is 2.33. The highest BCUT2D eigenvalue weighted by atomic mass is 16.5. The van der Waals surface area contributed by atoms with Gasteiger partial charge in [0.2, 0.25) is 0 Å². The van der Waals surface area contributed by atoms with Gasteiger partial charge in [-0.25, -0.2) is 14.6 Å². The summed E-state index contributed by atoms with van der Waals surface area (Å²) >= 11 is 0. The second kappa shape index (κ2) is 10.1. The molecule has 160 valence electrons. The van der Waals surface area contributed by atoms with E-state index in [0.29, 0.717) is 34.0 Å². The number of nitrogens with zero attached hydrogens (tertiary/aromatic N) is 1. The lowest BCUT2D eigenvalue weighted by molar-refractivity contribution is -0.137. The molecule has 3 rings (SSSR count). The van der Waals surface area contributed by atoms with Crippen LogP contribution in [0.2, 0.25) is 0 Å².